The summed E-state index contributed by atoms with van der Waals surface area (Å²) in [7, 11) is 0. The van der Waals surface area contributed by atoms with Crippen LogP contribution in [0.25, 0.3) is 53.8 Å². The maximum atomic E-state index is 4.82. The van der Waals surface area contributed by atoms with Gasteiger partial charge in [-0.25, -0.2) is 0 Å². The van der Waals surface area contributed by atoms with E-state index in [1.165, 1.54) is 66.9 Å². The zero-order chi connectivity index (χ0) is 34.0. The van der Waals surface area contributed by atoms with E-state index >= 15 is 0 Å². The summed E-state index contributed by atoms with van der Waals surface area (Å²) in [6, 6.07) is 45.5. The maximum Gasteiger partial charge on any atom is 0 e. The molecular formula is C45H44GeIrN2S-2. The first-order valence-electron chi connectivity index (χ1n) is 17.5. The molecule has 1 aliphatic rings. The second-order valence-corrected chi connectivity index (χ2v) is 26.6. The summed E-state index contributed by atoms with van der Waals surface area (Å²) in [5, 5.41) is 2.61. The summed E-state index contributed by atoms with van der Waals surface area (Å²) < 4.78 is 3.96. The van der Waals surface area contributed by atoms with Crippen molar-refractivity contribution in [1.29, 1.82) is 0 Å². The Morgan fingerprint density at radius 2 is 1.50 bits per heavy atom. The fraction of sp³-hybridized carbons (Fsp3) is 0.244. The minimum absolute atomic E-state index is 0. The molecule has 255 valence electrons. The van der Waals surface area contributed by atoms with Crippen molar-refractivity contribution in [1.82, 2.24) is 9.97 Å². The Bertz CT molecular complexity index is 2180. The monoisotopic (exact) mass is 911 g/mol. The largest absolute Gasteiger partial charge is 0 e. The standard InChI is InChI=1S/C31H28NS.C14H16GeN.Ir/c1-31(2,23-12-6-7-13-23)24-16-17-32-27(20-24)22-18-26(21-10-4-3-5-11-21)30-25-14-8-9-15-28(25)33-29(30)19-22;1-15(2,3)13-9-10-14(16-11-13)12-7-5-4-6-8-12;/h3-5,8-11,14-18,20,23H,6-7,12-13H2,1-2H3;4-7,9-11H,1-3H3;/q2*-1;. The molecule has 0 aliphatic heterocycles. The molecule has 0 saturated heterocycles. The van der Waals surface area contributed by atoms with Crippen LogP contribution in [0, 0.1) is 18.1 Å². The average molecular weight is 910 g/mol. The van der Waals surface area contributed by atoms with Gasteiger partial charge < -0.3 is 4.98 Å². The summed E-state index contributed by atoms with van der Waals surface area (Å²) in [6.07, 6.45) is 9.43. The molecule has 8 rings (SSSR count). The molecule has 1 aliphatic carbocycles. The number of aromatic nitrogens is 2. The normalized spacial score (nSPS) is 13.5. The van der Waals surface area contributed by atoms with Gasteiger partial charge in [-0.15, -0.1) is 17.7 Å². The van der Waals surface area contributed by atoms with Crippen molar-refractivity contribution in [2.24, 2.45) is 5.92 Å². The van der Waals surface area contributed by atoms with Crippen LogP contribution in [0.15, 0.2) is 122 Å². The van der Waals surface area contributed by atoms with E-state index in [0.717, 1.165) is 28.4 Å². The van der Waals surface area contributed by atoms with Crippen LogP contribution in [-0.4, -0.2) is 23.2 Å². The zero-order valence-electron chi connectivity index (χ0n) is 29.6. The molecule has 1 radical (unpaired) electrons. The third-order valence-electron chi connectivity index (χ3n) is 10.3. The van der Waals surface area contributed by atoms with Gasteiger partial charge in [0.15, 0.2) is 0 Å². The molecule has 3 heterocycles. The number of hydrogen-bond acceptors (Lipinski definition) is 3. The number of pyridine rings is 2. The molecule has 0 amide bonds. The minimum atomic E-state index is -1.72. The van der Waals surface area contributed by atoms with E-state index in [2.05, 4.69) is 133 Å². The van der Waals surface area contributed by atoms with Gasteiger partial charge in [0, 0.05) is 31.0 Å². The number of nitrogens with zero attached hydrogens (tertiary/aromatic N) is 2. The van der Waals surface area contributed by atoms with Crippen molar-refractivity contribution in [3.63, 3.8) is 0 Å². The molecule has 50 heavy (non-hydrogen) atoms. The van der Waals surface area contributed by atoms with Crippen LogP contribution in [0.5, 0.6) is 0 Å². The molecular weight excluding hydrogens is 865 g/mol. The number of thiophene rings is 1. The second kappa shape index (κ2) is 15.5. The van der Waals surface area contributed by atoms with E-state index in [4.69, 9.17) is 4.98 Å². The van der Waals surface area contributed by atoms with Crippen LogP contribution < -0.4 is 4.40 Å². The quantitative estimate of drug-likeness (QED) is 0.123. The Morgan fingerprint density at radius 1 is 0.760 bits per heavy atom. The van der Waals surface area contributed by atoms with Crippen molar-refractivity contribution in [2.75, 3.05) is 0 Å². The topological polar surface area (TPSA) is 25.8 Å². The van der Waals surface area contributed by atoms with Crippen LogP contribution in [0.2, 0.25) is 17.3 Å². The van der Waals surface area contributed by atoms with Crippen molar-refractivity contribution in [3.8, 4) is 33.6 Å². The van der Waals surface area contributed by atoms with Gasteiger partial charge >= 0.3 is 99.8 Å². The van der Waals surface area contributed by atoms with E-state index in [0.29, 0.717) is 0 Å². The SMILES string of the molecule is CC(C)(c1ccnc(-c2[c-]c3sc4ccccc4c3c(-c3ccccc3)c2)c1)C1CCCC1.[CH3][Ge]([CH3])([CH3])[c]1ccc(-c2[c-]cccc2)nc1.[Ir]. The Hall–Kier alpha value is -3.41. The first kappa shape index (κ1) is 36.4. The van der Waals surface area contributed by atoms with Crippen molar-refractivity contribution in [2.45, 2.75) is 62.2 Å². The molecule has 7 aromatic rings. The van der Waals surface area contributed by atoms with E-state index in [9.17, 15) is 0 Å². The van der Waals surface area contributed by atoms with Gasteiger partial charge in [-0.05, 0) is 63.2 Å². The fourth-order valence-corrected chi connectivity index (χ4v) is 10.5. The minimum Gasteiger partial charge on any atom is 0 e. The smallest absolute Gasteiger partial charge is 0 e. The molecule has 5 heteroatoms. The van der Waals surface area contributed by atoms with Gasteiger partial charge in [0.1, 0.15) is 0 Å². The summed E-state index contributed by atoms with van der Waals surface area (Å²) >= 11 is 0.110. The van der Waals surface area contributed by atoms with Gasteiger partial charge in [0.05, 0.1) is 0 Å². The summed E-state index contributed by atoms with van der Waals surface area (Å²) in [4.78, 5) is 9.35. The van der Waals surface area contributed by atoms with Crippen LogP contribution in [0.1, 0.15) is 45.1 Å². The van der Waals surface area contributed by atoms with E-state index < -0.39 is 13.3 Å². The Balaban J connectivity index is 0.000000215. The molecule has 4 aromatic carbocycles. The predicted octanol–water partition coefficient (Wildman–Crippen LogP) is 12.1. The summed E-state index contributed by atoms with van der Waals surface area (Å²) in [5.41, 5.74) is 8.24. The molecule has 1 fully saturated rings. The van der Waals surface area contributed by atoms with Gasteiger partial charge in [0.2, 0.25) is 0 Å². The summed E-state index contributed by atoms with van der Waals surface area (Å²) in [6.45, 7) is 4.83. The Morgan fingerprint density at radius 3 is 2.20 bits per heavy atom. The molecule has 0 spiro atoms. The zero-order valence-corrected chi connectivity index (χ0v) is 34.9. The van der Waals surface area contributed by atoms with Crippen LogP contribution >= 0.6 is 11.3 Å². The Kier molecular flexibility index (Phi) is 11.2. The number of rotatable bonds is 6. The maximum absolute atomic E-state index is 4.82. The summed E-state index contributed by atoms with van der Waals surface area (Å²) in [5.74, 6) is 7.89. The Labute approximate surface area is 318 Å². The number of hydrogen-bond donors (Lipinski definition) is 0. The fourth-order valence-electron chi connectivity index (χ4n) is 7.17. The molecule has 3 aromatic heterocycles. The van der Waals surface area contributed by atoms with Crippen LogP contribution in [0.3, 0.4) is 0 Å². The van der Waals surface area contributed by atoms with E-state index in [-0.39, 0.29) is 25.5 Å². The third-order valence-corrected chi connectivity index (χ3v) is 15.6. The molecule has 0 unspecified atom stereocenters. The predicted molar refractivity (Wildman–Crippen MR) is 213 cm³/mol. The first-order chi connectivity index (χ1) is 23.7. The van der Waals surface area contributed by atoms with Crippen molar-refractivity contribution < 1.29 is 20.1 Å². The average Bonchev–Trinajstić information content (AvgIpc) is 3.82. The van der Waals surface area contributed by atoms with Gasteiger partial charge in [-0.2, -0.15) is 11.3 Å². The van der Waals surface area contributed by atoms with Crippen molar-refractivity contribution >= 4 is 49.2 Å². The van der Waals surface area contributed by atoms with Crippen molar-refractivity contribution in [3.05, 3.63) is 139 Å². The van der Waals surface area contributed by atoms with E-state index in [1.807, 2.05) is 48.0 Å². The first-order valence-corrected chi connectivity index (χ1v) is 25.7. The van der Waals surface area contributed by atoms with Gasteiger partial charge in [-0.1, -0.05) is 92.2 Å². The molecule has 0 atom stereocenters. The van der Waals surface area contributed by atoms with Crippen LogP contribution in [0.4, 0.5) is 0 Å². The van der Waals surface area contributed by atoms with Crippen LogP contribution in [-0.2, 0) is 25.5 Å². The number of benzene rings is 4. The molecule has 2 nitrogen and oxygen atoms in total. The van der Waals surface area contributed by atoms with Gasteiger partial charge in [-0.3, -0.25) is 0 Å². The molecule has 0 N–H and O–H groups in total. The van der Waals surface area contributed by atoms with E-state index in [1.54, 1.807) is 0 Å². The van der Waals surface area contributed by atoms with Gasteiger partial charge in [0.25, 0.3) is 0 Å². The molecule has 1 saturated carbocycles. The number of fused-ring (bicyclic) bond motifs is 3. The molecule has 0 bridgehead atoms. The third kappa shape index (κ3) is 7.75. The second-order valence-electron chi connectivity index (χ2n) is 14.9.